The van der Waals surface area contributed by atoms with E-state index in [4.69, 9.17) is 9.47 Å². The summed E-state index contributed by atoms with van der Waals surface area (Å²) in [7, 11) is 0. The van der Waals surface area contributed by atoms with E-state index in [0.717, 1.165) is 56.7 Å². The summed E-state index contributed by atoms with van der Waals surface area (Å²) in [5.41, 5.74) is 0. The number of ether oxygens (including phenoxy) is 2. The first-order chi connectivity index (χ1) is 10.7. The molecule has 0 aromatic heterocycles. The fourth-order valence-corrected chi connectivity index (χ4v) is 4.32. The van der Waals surface area contributed by atoms with E-state index in [-0.39, 0.29) is 12.4 Å². The Labute approximate surface area is 136 Å². The molecule has 1 saturated carbocycles. The van der Waals surface area contributed by atoms with E-state index in [1.54, 1.807) is 0 Å². The van der Waals surface area contributed by atoms with E-state index in [1.165, 1.54) is 38.5 Å². The molecule has 22 heavy (non-hydrogen) atoms. The van der Waals surface area contributed by atoms with Gasteiger partial charge in [-0.2, -0.15) is 0 Å². The van der Waals surface area contributed by atoms with Crippen LogP contribution in [-0.2, 0) is 9.47 Å². The summed E-state index contributed by atoms with van der Waals surface area (Å²) in [4.78, 5) is 0. The molecule has 0 bridgehead atoms. The average Bonchev–Trinajstić information content (AvgIpc) is 2.96. The van der Waals surface area contributed by atoms with Crippen LogP contribution in [0.4, 0.5) is 0 Å². The molecule has 1 heterocycles. The van der Waals surface area contributed by atoms with Crippen LogP contribution in [0.5, 0.6) is 0 Å². The zero-order valence-electron chi connectivity index (χ0n) is 14.6. The van der Waals surface area contributed by atoms with Crippen LogP contribution in [0.25, 0.3) is 0 Å². The molecule has 3 heteroatoms. The van der Waals surface area contributed by atoms with E-state index < -0.39 is 0 Å². The zero-order valence-corrected chi connectivity index (χ0v) is 14.6. The van der Waals surface area contributed by atoms with Crippen molar-refractivity contribution in [2.75, 3.05) is 13.2 Å². The van der Waals surface area contributed by atoms with E-state index in [9.17, 15) is 5.11 Å². The maximum absolute atomic E-state index is 10.2. The molecule has 0 amide bonds. The van der Waals surface area contributed by atoms with Crippen molar-refractivity contribution in [1.82, 2.24) is 0 Å². The van der Waals surface area contributed by atoms with Gasteiger partial charge in [-0.25, -0.2) is 0 Å². The van der Waals surface area contributed by atoms with Crippen molar-refractivity contribution in [3.63, 3.8) is 0 Å². The monoisotopic (exact) mass is 312 g/mol. The molecular formula is C19H36O3. The standard InChI is InChI=1S/C19H36O3/c1-3-15-13-16(4-2)17(14-15)7-5-8-18(20)9-10-19-21-11-6-12-22-19/h15-20H,3-14H2,1-2H3. The summed E-state index contributed by atoms with van der Waals surface area (Å²) in [6.45, 7) is 6.28. The van der Waals surface area contributed by atoms with Crippen molar-refractivity contribution >= 4 is 0 Å². The summed E-state index contributed by atoms with van der Waals surface area (Å²) in [5.74, 6) is 2.80. The topological polar surface area (TPSA) is 38.7 Å². The number of rotatable bonds is 9. The molecule has 1 aliphatic carbocycles. The lowest BCUT2D eigenvalue weighted by Gasteiger charge is -2.24. The Morgan fingerprint density at radius 2 is 1.68 bits per heavy atom. The second-order valence-corrected chi connectivity index (χ2v) is 7.36. The summed E-state index contributed by atoms with van der Waals surface area (Å²) < 4.78 is 11.1. The van der Waals surface area contributed by atoms with Crippen LogP contribution in [0.3, 0.4) is 0 Å². The van der Waals surface area contributed by atoms with Gasteiger partial charge in [0.2, 0.25) is 0 Å². The van der Waals surface area contributed by atoms with Crippen molar-refractivity contribution in [3.05, 3.63) is 0 Å². The van der Waals surface area contributed by atoms with Gasteiger partial charge in [0.1, 0.15) is 0 Å². The predicted molar refractivity (Wildman–Crippen MR) is 89.7 cm³/mol. The van der Waals surface area contributed by atoms with Crippen molar-refractivity contribution < 1.29 is 14.6 Å². The van der Waals surface area contributed by atoms with Gasteiger partial charge in [-0.15, -0.1) is 0 Å². The largest absolute Gasteiger partial charge is 0.393 e. The van der Waals surface area contributed by atoms with Gasteiger partial charge in [-0.05, 0) is 49.9 Å². The van der Waals surface area contributed by atoms with Gasteiger partial charge < -0.3 is 14.6 Å². The van der Waals surface area contributed by atoms with Gasteiger partial charge in [0.15, 0.2) is 6.29 Å². The third kappa shape index (κ3) is 5.82. The number of aliphatic hydroxyl groups is 1. The van der Waals surface area contributed by atoms with Crippen molar-refractivity contribution in [2.24, 2.45) is 17.8 Å². The SMILES string of the molecule is CCC1CC(CC)C(CCCC(O)CCC2OCCCO2)C1. The molecule has 0 aromatic rings. The van der Waals surface area contributed by atoms with Gasteiger partial charge in [0.25, 0.3) is 0 Å². The zero-order chi connectivity index (χ0) is 15.8. The Hall–Kier alpha value is -0.120. The Kier molecular flexibility index (Phi) is 8.19. The molecule has 1 saturated heterocycles. The van der Waals surface area contributed by atoms with Crippen molar-refractivity contribution in [1.29, 1.82) is 0 Å². The normalized spacial score (nSPS) is 31.5. The van der Waals surface area contributed by atoms with E-state index >= 15 is 0 Å². The Morgan fingerprint density at radius 1 is 0.955 bits per heavy atom. The summed E-state index contributed by atoms with van der Waals surface area (Å²) in [5, 5.41) is 10.2. The minimum Gasteiger partial charge on any atom is -0.393 e. The van der Waals surface area contributed by atoms with Crippen LogP contribution >= 0.6 is 0 Å². The first-order valence-electron chi connectivity index (χ1n) is 9.64. The maximum atomic E-state index is 10.2. The van der Waals surface area contributed by atoms with E-state index in [1.807, 2.05) is 0 Å². The number of hydrogen-bond donors (Lipinski definition) is 1. The van der Waals surface area contributed by atoms with Crippen molar-refractivity contribution in [2.45, 2.75) is 90.4 Å². The molecule has 0 radical (unpaired) electrons. The molecule has 0 spiro atoms. The number of aliphatic hydroxyl groups excluding tert-OH is 1. The van der Waals surface area contributed by atoms with Gasteiger partial charge in [-0.1, -0.05) is 39.5 Å². The van der Waals surface area contributed by atoms with E-state index in [2.05, 4.69) is 13.8 Å². The van der Waals surface area contributed by atoms with Crippen LogP contribution in [-0.4, -0.2) is 30.7 Å². The average molecular weight is 312 g/mol. The quantitative estimate of drug-likeness (QED) is 0.680. The van der Waals surface area contributed by atoms with Gasteiger partial charge in [-0.3, -0.25) is 0 Å². The van der Waals surface area contributed by atoms with Crippen LogP contribution in [0.1, 0.15) is 78.1 Å². The molecule has 130 valence electrons. The molecule has 0 aromatic carbocycles. The molecular weight excluding hydrogens is 276 g/mol. The minimum atomic E-state index is -0.183. The second-order valence-electron chi connectivity index (χ2n) is 7.36. The molecule has 4 unspecified atom stereocenters. The van der Waals surface area contributed by atoms with Crippen LogP contribution in [0.2, 0.25) is 0 Å². The Balaban J connectivity index is 1.57. The highest BCUT2D eigenvalue weighted by Crippen LogP contribution is 2.42. The fourth-order valence-electron chi connectivity index (χ4n) is 4.32. The molecule has 2 aliphatic rings. The third-order valence-electron chi connectivity index (χ3n) is 5.78. The highest BCUT2D eigenvalue weighted by atomic mass is 16.7. The van der Waals surface area contributed by atoms with Crippen molar-refractivity contribution in [3.8, 4) is 0 Å². The number of hydrogen-bond acceptors (Lipinski definition) is 3. The summed E-state index contributed by atoms with van der Waals surface area (Å²) in [6, 6.07) is 0. The lowest BCUT2D eigenvalue weighted by molar-refractivity contribution is -0.183. The second kappa shape index (κ2) is 9.89. The van der Waals surface area contributed by atoms with Crippen LogP contribution in [0.15, 0.2) is 0 Å². The van der Waals surface area contributed by atoms with Crippen LogP contribution in [0, 0.1) is 17.8 Å². The Bertz CT molecular complexity index is 288. The lowest BCUT2D eigenvalue weighted by Crippen LogP contribution is -2.26. The van der Waals surface area contributed by atoms with Gasteiger partial charge in [0.05, 0.1) is 19.3 Å². The third-order valence-corrected chi connectivity index (χ3v) is 5.78. The minimum absolute atomic E-state index is 0.0759. The molecule has 1 aliphatic heterocycles. The van der Waals surface area contributed by atoms with Gasteiger partial charge in [0, 0.05) is 6.42 Å². The maximum Gasteiger partial charge on any atom is 0.157 e. The molecule has 1 N–H and O–H groups in total. The molecule has 3 nitrogen and oxygen atoms in total. The molecule has 4 atom stereocenters. The highest BCUT2D eigenvalue weighted by molar-refractivity contribution is 4.82. The smallest absolute Gasteiger partial charge is 0.157 e. The molecule has 2 fully saturated rings. The van der Waals surface area contributed by atoms with Gasteiger partial charge >= 0.3 is 0 Å². The predicted octanol–water partition coefficient (Wildman–Crippen LogP) is 4.52. The fraction of sp³-hybridized carbons (Fsp3) is 1.00. The van der Waals surface area contributed by atoms with Crippen LogP contribution < -0.4 is 0 Å². The Morgan fingerprint density at radius 3 is 2.36 bits per heavy atom. The first-order valence-corrected chi connectivity index (χ1v) is 9.64. The summed E-state index contributed by atoms with van der Waals surface area (Å²) in [6.07, 6.45) is 11.3. The lowest BCUT2D eigenvalue weighted by atomic mass is 9.88. The van der Waals surface area contributed by atoms with E-state index in [0.29, 0.717) is 0 Å². The first kappa shape index (κ1) is 18.2. The highest BCUT2D eigenvalue weighted by Gasteiger charge is 2.31. The molecule has 2 rings (SSSR count). The summed E-state index contributed by atoms with van der Waals surface area (Å²) >= 11 is 0.